The molecule has 0 aromatic heterocycles. The van der Waals surface area contributed by atoms with Crippen molar-refractivity contribution in [1.29, 1.82) is 0 Å². The first-order chi connectivity index (χ1) is 11.8. The van der Waals surface area contributed by atoms with Gasteiger partial charge in [-0.2, -0.15) is 0 Å². The van der Waals surface area contributed by atoms with Crippen molar-refractivity contribution in [3.05, 3.63) is 30.3 Å². The average Bonchev–Trinajstić information content (AvgIpc) is 2.99. The molecule has 0 bridgehead atoms. The second-order valence-corrected chi connectivity index (χ2v) is 7.72. The number of nitrogens with zero attached hydrogens (tertiary/aromatic N) is 1. The van der Waals surface area contributed by atoms with E-state index in [1.165, 1.54) is 0 Å². The SMILES string of the molecule is CC(CC1CCCN1C(=O)OC(C)(C)C)NCCOc1ccccc1. The molecule has 0 aliphatic carbocycles. The van der Waals surface area contributed by atoms with E-state index in [2.05, 4.69) is 12.2 Å². The summed E-state index contributed by atoms with van der Waals surface area (Å²) in [5, 5.41) is 3.48. The van der Waals surface area contributed by atoms with Crippen LogP contribution in [-0.2, 0) is 4.74 Å². The molecule has 1 fully saturated rings. The Morgan fingerprint density at radius 2 is 2.04 bits per heavy atom. The van der Waals surface area contributed by atoms with Gasteiger partial charge in [0, 0.05) is 25.2 Å². The predicted octanol–water partition coefficient (Wildman–Crippen LogP) is 3.83. The molecule has 2 atom stereocenters. The summed E-state index contributed by atoms with van der Waals surface area (Å²) in [6.45, 7) is 10.1. The lowest BCUT2D eigenvalue weighted by Gasteiger charge is -2.30. The van der Waals surface area contributed by atoms with E-state index in [0.717, 1.165) is 38.1 Å². The molecule has 1 saturated heterocycles. The van der Waals surface area contributed by atoms with Gasteiger partial charge in [-0.25, -0.2) is 4.79 Å². The molecule has 0 saturated carbocycles. The molecular weight excluding hydrogens is 316 g/mol. The summed E-state index contributed by atoms with van der Waals surface area (Å²) in [4.78, 5) is 14.2. The molecule has 1 heterocycles. The van der Waals surface area contributed by atoms with Crippen molar-refractivity contribution in [1.82, 2.24) is 10.2 Å². The van der Waals surface area contributed by atoms with Crippen LogP contribution >= 0.6 is 0 Å². The quantitative estimate of drug-likeness (QED) is 0.761. The van der Waals surface area contributed by atoms with Crippen LogP contribution in [0.15, 0.2) is 30.3 Å². The minimum absolute atomic E-state index is 0.186. The van der Waals surface area contributed by atoms with Crippen LogP contribution in [0.4, 0.5) is 4.79 Å². The van der Waals surface area contributed by atoms with Crippen LogP contribution in [0.25, 0.3) is 0 Å². The molecule has 1 aromatic rings. The number of nitrogens with one attached hydrogen (secondary N) is 1. The zero-order valence-corrected chi connectivity index (χ0v) is 16.0. The summed E-state index contributed by atoms with van der Waals surface area (Å²) >= 11 is 0. The first-order valence-corrected chi connectivity index (χ1v) is 9.26. The summed E-state index contributed by atoms with van der Waals surface area (Å²) in [6, 6.07) is 10.4. The predicted molar refractivity (Wildman–Crippen MR) is 100.0 cm³/mol. The van der Waals surface area contributed by atoms with Crippen LogP contribution in [0.2, 0.25) is 0 Å². The molecule has 5 heteroatoms. The van der Waals surface area contributed by atoms with Gasteiger partial charge in [-0.3, -0.25) is 0 Å². The molecular formula is C20H32N2O3. The van der Waals surface area contributed by atoms with E-state index in [0.29, 0.717) is 12.6 Å². The average molecular weight is 348 g/mol. The maximum atomic E-state index is 12.3. The number of carbonyl (C=O) groups excluding carboxylic acids is 1. The monoisotopic (exact) mass is 348 g/mol. The Morgan fingerprint density at radius 3 is 2.72 bits per heavy atom. The fourth-order valence-corrected chi connectivity index (χ4v) is 3.12. The number of rotatable bonds is 7. The highest BCUT2D eigenvalue weighted by atomic mass is 16.6. The molecule has 1 aliphatic rings. The smallest absolute Gasteiger partial charge is 0.410 e. The summed E-state index contributed by atoms with van der Waals surface area (Å²) in [5.41, 5.74) is -0.442. The Bertz CT molecular complexity index is 527. The molecule has 140 valence electrons. The molecule has 25 heavy (non-hydrogen) atoms. The van der Waals surface area contributed by atoms with Gasteiger partial charge >= 0.3 is 6.09 Å². The fourth-order valence-electron chi connectivity index (χ4n) is 3.12. The summed E-state index contributed by atoms with van der Waals surface area (Å²) in [6.07, 6.45) is 2.85. The Kier molecular flexibility index (Phi) is 7.12. The first kappa shape index (κ1) is 19.6. The van der Waals surface area contributed by atoms with E-state index in [-0.39, 0.29) is 12.1 Å². The standard InChI is InChI=1S/C20H32N2O3/c1-16(21-12-14-24-18-10-6-5-7-11-18)15-17-9-8-13-22(17)19(23)25-20(2,3)4/h5-7,10-11,16-17,21H,8-9,12-15H2,1-4H3. The summed E-state index contributed by atoms with van der Waals surface area (Å²) < 4.78 is 11.2. The molecule has 1 aromatic carbocycles. The number of benzene rings is 1. The van der Waals surface area contributed by atoms with Gasteiger partial charge in [0.15, 0.2) is 0 Å². The van der Waals surface area contributed by atoms with Crippen LogP contribution in [0.1, 0.15) is 47.0 Å². The van der Waals surface area contributed by atoms with Gasteiger partial charge in [-0.15, -0.1) is 0 Å². The van der Waals surface area contributed by atoms with E-state index in [1.807, 2.05) is 56.0 Å². The third-order valence-corrected chi connectivity index (χ3v) is 4.24. The van der Waals surface area contributed by atoms with Gasteiger partial charge in [-0.05, 0) is 59.1 Å². The van der Waals surface area contributed by atoms with Gasteiger partial charge in [0.1, 0.15) is 18.0 Å². The minimum Gasteiger partial charge on any atom is -0.492 e. The minimum atomic E-state index is -0.442. The topological polar surface area (TPSA) is 50.8 Å². The van der Waals surface area contributed by atoms with Crippen molar-refractivity contribution in [2.24, 2.45) is 0 Å². The lowest BCUT2D eigenvalue weighted by molar-refractivity contribution is 0.0214. The van der Waals surface area contributed by atoms with E-state index in [4.69, 9.17) is 9.47 Å². The fraction of sp³-hybridized carbons (Fsp3) is 0.650. The zero-order valence-electron chi connectivity index (χ0n) is 16.0. The third kappa shape index (κ3) is 6.94. The molecule has 1 amide bonds. The maximum Gasteiger partial charge on any atom is 0.410 e. The van der Waals surface area contributed by atoms with Gasteiger partial charge in [0.25, 0.3) is 0 Å². The van der Waals surface area contributed by atoms with Crippen LogP contribution in [0, 0.1) is 0 Å². The van der Waals surface area contributed by atoms with E-state index in [1.54, 1.807) is 0 Å². The highest BCUT2D eigenvalue weighted by Gasteiger charge is 2.32. The van der Waals surface area contributed by atoms with Crippen LogP contribution < -0.4 is 10.1 Å². The highest BCUT2D eigenvalue weighted by molar-refractivity contribution is 5.68. The van der Waals surface area contributed by atoms with Crippen LogP contribution in [0.3, 0.4) is 0 Å². The Morgan fingerprint density at radius 1 is 1.32 bits per heavy atom. The number of para-hydroxylation sites is 1. The Hall–Kier alpha value is -1.75. The highest BCUT2D eigenvalue weighted by Crippen LogP contribution is 2.24. The van der Waals surface area contributed by atoms with Crippen molar-refractivity contribution in [3.63, 3.8) is 0 Å². The number of amides is 1. The van der Waals surface area contributed by atoms with Crippen molar-refractivity contribution in [3.8, 4) is 5.75 Å². The Balaban J connectivity index is 1.70. The number of likely N-dealkylation sites (tertiary alicyclic amines) is 1. The second-order valence-electron chi connectivity index (χ2n) is 7.72. The molecule has 0 spiro atoms. The van der Waals surface area contributed by atoms with Crippen molar-refractivity contribution < 1.29 is 14.3 Å². The number of hydrogen-bond donors (Lipinski definition) is 1. The number of ether oxygens (including phenoxy) is 2. The van der Waals surface area contributed by atoms with Crippen LogP contribution in [-0.4, -0.2) is 48.4 Å². The second kappa shape index (κ2) is 9.09. The van der Waals surface area contributed by atoms with Crippen molar-refractivity contribution in [2.45, 2.75) is 64.6 Å². The van der Waals surface area contributed by atoms with Gasteiger partial charge in [-0.1, -0.05) is 18.2 Å². The third-order valence-electron chi connectivity index (χ3n) is 4.24. The lowest BCUT2D eigenvalue weighted by Crippen LogP contribution is -2.43. The van der Waals surface area contributed by atoms with Crippen molar-refractivity contribution >= 4 is 6.09 Å². The number of carbonyl (C=O) groups is 1. The molecule has 0 radical (unpaired) electrons. The molecule has 1 N–H and O–H groups in total. The number of hydrogen-bond acceptors (Lipinski definition) is 4. The largest absolute Gasteiger partial charge is 0.492 e. The molecule has 5 nitrogen and oxygen atoms in total. The summed E-state index contributed by atoms with van der Waals surface area (Å²) in [5.74, 6) is 0.892. The van der Waals surface area contributed by atoms with Crippen molar-refractivity contribution in [2.75, 3.05) is 19.7 Å². The van der Waals surface area contributed by atoms with E-state index < -0.39 is 5.60 Å². The van der Waals surface area contributed by atoms with Gasteiger partial charge < -0.3 is 19.7 Å². The molecule has 1 aliphatic heterocycles. The van der Waals surface area contributed by atoms with Crippen LogP contribution in [0.5, 0.6) is 5.75 Å². The first-order valence-electron chi connectivity index (χ1n) is 9.26. The van der Waals surface area contributed by atoms with Gasteiger partial charge in [0.05, 0.1) is 0 Å². The Labute approximate surface area is 151 Å². The normalized spacial score (nSPS) is 18.9. The lowest BCUT2D eigenvalue weighted by atomic mass is 10.1. The van der Waals surface area contributed by atoms with E-state index in [9.17, 15) is 4.79 Å². The summed E-state index contributed by atoms with van der Waals surface area (Å²) in [7, 11) is 0. The van der Waals surface area contributed by atoms with E-state index >= 15 is 0 Å². The maximum absolute atomic E-state index is 12.3. The zero-order chi connectivity index (χ0) is 18.3. The molecule has 2 unspecified atom stereocenters. The van der Waals surface area contributed by atoms with Gasteiger partial charge in [0.2, 0.25) is 0 Å². The molecule has 2 rings (SSSR count).